The number of nitrogens with zero attached hydrogens (tertiary/aromatic N) is 5. The summed E-state index contributed by atoms with van der Waals surface area (Å²) in [6.07, 6.45) is 5.06. The molecular formula is C33H36ClN7O4. The number of hydrogen-bond acceptors (Lipinski definition) is 10. The molecule has 2 aromatic carbocycles. The molecule has 4 N–H and O–H groups in total. The average Bonchev–Trinajstić information content (AvgIpc) is 3.04. The fourth-order valence-electron chi connectivity index (χ4n) is 5.16. The minimum Gasteiger partial charge on any atom is -0.480 e. The van der Waals surface area contributed by atoms with Gasteiger partial charge in [-0.3, -0.25) is 9.78 Å². The zero-order chi connectivity index (χ0) is 32.1. The van der Waals surface area contributed by atoms with Gasteiger partial charge in [0.15, 0.2) is 0 Å². The Kier molecular flexibility index (Phi) is 10.0. The Balaban J connectivity index is 0.000000505. The molecule has 0 radical (unpaired) electrons. The molecule has 0 aliphatic carbocycles. The van der Waals surface area contributed by atoms with Crippen LogP contribution in [0.25, 0.3) is 33.2 Å². The lowest BCUT2D eigenvalue weighted by Gasteiger charge is -2.17. The number of benzene rings is 2. The van der Waals surface area contributed by atoms with Crippen molar-refractivity contribution < 1.29 is 14.6 Å². The molecular weight excluding hydrogens is 594 g/mol. The number of aliphatic hydroxyl groups is 1. The number of nitrogens with one attached hydrogen (secondary N) is 1. The highest BCUT2D eigenvalue weighted by Gasteiger charge is 2.17. The molecule has 0 amide bonds. The Morgan fingerprint density at radius 1 is 1.13 bits per heavy atom. The van der Waals surface area contributed by atoms with Crippen LogP contribution in [0.2, 0.25) is 5.02 Å². The summed E-state index contributed by atoms with van der Waals surface area (Å²) in [6.45, 7) is 5.47. The van der Waals surface area contributed by atoms with E-state index in [0.717, 1.165) is 58.5 Å². The van der Waals surface area contributed by atoms with Gasteiger partial charge in [0.1, 0.15) is 11.5 Å². The quantitative estimate of drug-likeness (QED) is 0.232. The van der Waals surface area contributed by atoms with Crippen LogP contribution in [0, 0.1) is 13.8 Å². The maximum atomic E-state index is 12.9. The number of anilines is 2. The molecule has 3 aromatic heterocycles. The van der Waals surface area contributed by atoms with Gasteiger partial charge in [-0.05, 0) is 49.9 Å². The van der Waals surface area contributed by atoms with Crippen LogP contribution in [0.4, 0.5) is 11.5 Å². The van der Waals surface area contributed by atoms with Crippen LogP contribution in [0.5, 0.6) is 5.88 Å². The van der Waals surface area contributed by atoms with Crippen molar-refractivity contribution in [3.63, 3.8) is 0 Å². The maximum absolute atomic E-state index is 12.9. The van der Waals surface area contributed by atoms with Gasteiger partial charge in [0.05, 0.1) is 48.3 Å². The smallest absolute Gasteiger partial charge is 0.278 e. The summed E-state index contributed by atoms with van der Waals surface area (Å²) >= 11 is 6.95. The van der Waals surface area contributed by atoms with Gasteiger partial charge in [-0.15, -0.1) is 0 Å². The highest BCUT2D eigenvalue weighted by atomic mass is 35.5. The van der Waals surface area contributed by atoms with Crippen LogP contribution in [0.3, 0.4) is 0 Å². The first-order valence-electron chi connectivity index (χ1n) is 14.6. The molecule has 0 spiro atoms. The van der Waals surface area contributed by atoms with Crippen molar-refractivity contribution in [3.05, 3.63) is 87.2 Å². The monoisotopic (exact) mass is 629 g/mol. The molecule has 1 fully saturated rings. The molecule has 5 aromatic rings. The second kappa shape index (κ2) is 14.1. The van der Waals surface area contributed by atoms with E-state index in [1.165, 1.54) is 11.8 Å². The van der Waals surface area contributed by atoms with Crippen LogP contribution in [0.1, 0.15) is 29.8 Å². The number of ether oxygens (including phenoxy) is 2. The highest BCUT2D eigenvalue weighted by molar-refractivity contribution is 6.36. The lowest BCUT2D eigenvalue weighted by atomic mass is 9.96. The molecule has 12 heteroatoms. The van der Waals surface area contributed by atoms with Crippen molar-refractivity contribution in [2.75, 3.05) is 25.6 Å². The van der Waals surface area contributed by atoms with Crippen molar-refractivity contribution in [1.29, 1.82) is 0 Å². The Bertz CT molecular complexity index is 1890. The number of nitrogens with two attached hydrogens (primary N) is 1. The van der Waals surface area contributed by atoms with Gasteiger partial charge in [-0.1, -0.05) is 41.9 Å². The third-order valence-corrected chi connectivity index (χ3v) is 7.95. The molecule has 6 rings (SSSR count). The van der Waals surface area contributed by atoms with E-state index < -0.39 is 0 Å². The first-order valence-corrected chi connectivity index (χ1v) is 14.9. The normalized spacial score (nSPS) is 14.5. The number of aliphatic hydroxyl groups excluding tert-OH is 1. The second-order valence-corrected chi connectivity index (χ2v) is 11.1. The fourth-order valence-corrected chi connectivity index (χ4v) is 5.49. The lowest BCUT2D eigenvalue weighted by molar-refractivity contribution is -0.00535. The van der Waals surface area contributed by atoms with Crippen molar-refractivity contribution >= 4 is 33.9 Å². The zero-order valence-electron chi connectivity index (χ0n) is 25.7. The average molecular weight is 630 g/mol. The topological polar surface area (TPSA) is 150 Å². The second-order valence-electron chi connectivity index (χ2n) is 10.7. The maximum Gasteiger partial charge on any atom is 0.278 e. The standard InChI is InChI=1S/C28H26ClN7O2.C5H10O2/c1-15-11-17-13-32-36(3)28(37)24(17)26(33-15)34-21-10-6-7-18(16(21)2)19-8-5-9-20(25(19)29)23-14-31-22(12-30)27(35-23)38-4;6-5-2-1-3-7-4-5/h5-11,13-14H,12,30H2,1-4H3,(H,33,34);5-6H,1-4H2. The Morgan fingerprint density at radius 2 is 1.89 bits per heavy atom. The van der Waals surface area contributed by atoms with Crippen LogP contribution >= 0.6 is 11.6 Å². The molecule has 1 aliphatic rings. The van der Waals surface area contributed by atoms with Gasteiger partial charge < -0.3 is 25.6 Å². The van der Waals surface area contributed by atoms with Crippen molar-refractivity contribution in [1.82, 2.24) is 24.7 Å². The number of halogens is 1. The number of hydrogen-bond donors (Lipinski definition) is 3. The summed E-state index contributed by atoms with van der Waals surface area (Å²) in [5.74, 6) is 0.846. The first kappa shape index (κ1) is 32.0. The van der Waals surface area contributed by atoms with Crippen molar-refractivity contribution in [2.45, 2.75) is 39.3 Å². The van der Waals surface area contributed by atoms with Crippen LogP contribution < -0.4 is 21.3 Å². The molecule has 0 bridgehead atoms. The van der Waals surface area contributed by atoms with Gasteiger partial charge >= 0.3 is 0 Å². The molecule has 11 nitrogen and oxygen atoms in total. The van der Waals surface area contributed by atoms with Crippen LogP contribution in [-0.4, -0.2) is 56.3 Å². The third-order valence-electron chi connectivity index (χ3n) is 7.54. The summed E-state index contributed by atoms with van der Waals surface area (Å²) < 4.78 is 11.6. The van der Waals surface area contributed by atoms with Crippen molar-refractivity contribution in [3.8, 4) is 28.3 Å². The zero-order valence-corrected chi connectivity index (χ0v) is 26.4. The van der Waals surface area contributed by atoms with Gasteiger partial charge in [0.25, 0.3) is 5.56 Å². The van der Waals surface area contributed by atoms with E-state index in [1.54, 1.807) is 19.4 Å². The molecule has 4 heterocycles. The van der Waals surface area contributed by atoms with E-state index in [9.17, 15) is 4.79 Å². The number of aryl methyl sites for hydroxylation is 2. The van der Waals surface area contributed by atoms with Crippen LogP contribution in [-0.2, 0) is 18.3 Å². The molecule has 1 atom stereocenters. The first-order chi connectivity index (χ1) is 21.7. The number of pyridine rings is 1. The molecule has 1 saturated heterocycles. The van der Waals surface area contributed by atoms with Crippen LogP contribution in [0.15, 0.2) is 59.7 Å². The largest absolute Gasteiger partial charge is 0.480 e. The van der Waals surface area contributed by atoms with E-state index in [1.807, 2.05) is 56.3 Å². The molecule has 1 aliphatic heterocycles. The SMILES string of the molecule is COc1nc(-c2cccc(-c3cccc(Nc4nc(C)cc5cnn(C)c(=O)c45)c3C)c2Cl)cnc1CN.OC1CCCOC1. The van der Waals surface area contributed by atoms with E-state index in [4.69, 9.17) is 31.9 Å². The van der Waals surface area contributed by atoms with E-state index in [2.05, 4.69) is 25.4 Å². The highest BCUT2D eigenvalue weighted by Crippen LogP contribution is 2.39. The Hall–Kier alpha value is -4.42. The summed E-state index contributed by atoms with van der Waals surface area (Å²) in [6, 6.07) is 13.5. The predicted octanol–water partition coefficient (Wildman–Crippen LogP) is 5.09. The number of aromatic nitrogens is 5. The minimum atomic E-state index is -0.223. The molecule has 1 unspecified atom stereocenters. The Morgan fingerprint density at radius 3 is 2.58 bits per heavy atom. The van der Waals surface area contributed by atoms with Gasteiger partial charge in [0.2, 0.25) is 5.88 Å². The minimum absolute atomic E-state index is 0.186. The number of rotatable bonds is 6. The molecule has 0 saturated carbocycles. The molecule has 45 heavy (non-hydrogen) atoms. The third kappa shape index (κ3) is 6.97. The number of fused-ring (bicyclic) bond motifs is 1. The Labute approximate surface area is 266 Å². The summed E-state index contributed by atoms with van der Waals surface area (Å²) in [5, 5.41) is 18.0. The summed E-state index contributed by atoms with van der Waals surface area (Å²) in [4.78, 5) is 26.5. The summed E-state index contributed by atoms with van der Waals surface area (Å²) in [7, 11) is 3.15. The van der Waals surface area contributed by atoms with Gasteiger partial charge in [-0.25, -0.2) is 14.6 Å². The van der Waals surface area contributed by atoms with E-state index >= 15 is 0 Å². The fraction of sp³-hybridized carbons (Fsp3) is 0.303. The van der Waals surface area contributed by atoms with Gasteiger partial charge in [-0.2, -0.15) is 5.10 Å². The van der Waals surface area contributed by atoms with Gasteiger partial charge in [0, 0.05) is 48.1 Å². The number of methoxy groups -OCH3 is 1. The molecule has 234 valence electrons. The van der Waals surface area contributed by atoms with E-state index in [-0.39, 0.29) is 18.2 Å². The van der Waals surface area contributed by atoms with Crippen molar-refractivity contribution in [2.24, 2.45) is 12.8 Å². The summed E-state index contributed by atoms with van der Waals surface area (Å²) in [5.41, 5.74) is 11.7. The predicted molar refractivity (Wildman–Crippen MR) is 176 cm³/mol. The van der Waals surface area contributed by atoms with E-state index in [0.29, 0.717) is 40.1 Å². The lowest BCUT2D eigenvalue weighted by Crippen LogP contribution is -2.21.